The number of rotatable bonds is 3. The van der Waals surface area contributed by atoms with Gasteiger partial charge in [-0.15, -0.1) is 0 Å². The Hall–Kier alpha value is -2.24. The highest BCUT2D eigenvalue weighted by atomic mass is 19.1. The third-order valence-electron chi connectivity index (χ3n) is 2.64. The van der Waals surface area contributed by atoms with Gasteiger partial charge in [0, 0.05) is 11.8 Å². The molecule has 0 saturated heterocycles. The molecule has 0 unspecified atom stereocenters. The number of aromatic nitrogens is 2. The van der Waals surface area contributed by atoms with E-state index in [1.54, 1.807) is 20.8 Å². The monoisotopic (exact) mass is 264 g/mol. The second kappa shape index (κ2) is 5.17. The Balaban J connectivity index is 2.50. The third kappa shape index (κ3) is 2.47. The molecule has 0 aliphatic rings. The van der Waals surface area contributed by atoms with E-state index in [1.165, 1.54) is 12.3 Å². The van der Waals surface area contributed by atoms with E-state index in [9.17, 15) is 9.18 Å². The third-order valence-corrected chi connectivity index (χ3v) is 2.64. The topological polar surface area (TPSA) is 65.2 Å². The number of esters is 1. The Bertz CT molecular complexity index is 622. The van der Waals surface area contributed by atoms with Crippen LogP contribution in [0.4, 0.5) is 4.39 Å². The average Bonchev–Trinajstić information content (AvgIpc) is 2.75. The molecule has 0 amide bonds. The lowest BCUT2D eigenvalue weighted by atomic mass is 10.1. The van der Waals surface area contributed by atoms with Crippen LogP contribution in [0.1, 0.15) is 28.7 Å². The number of carbonyl (C=O) groups is 1. The molecular formula is C13H13FN2O3. The molecule has 0 aromatic carbocycles. The fourth-order valence-electron chi connectivity index (χ4n) is 1.65. The highest BCUT2D eigenvalue weighted by molar-refractivity contribution is 5.96. The molecule has 2 heterocycles. The SMILES string of the molecule is CCOC(=O)c1c(-c2cnc(C)c(F)c2)noc1C. The van der Waals surface area contributed by atoms with Crippen LogP contribution in [-0.4, -0.2) is 22.7 Å². The maximum atomic E-state index is 13.5. The van der Waals surface area contributed by atoms with E-state index in [2.05, 4.69) is 10.1 Å². The number of nitrogens with zero attached hydrogens (tertiary/aromatic N) is 2. The van der Waals surface area contributed by atoms with Gasteiger partial charge < -0.3 is 9.26 Å². The fraction of sp³-hybridized carbons (Fsp3) is 0.308. The zero-order valence-corrected chi connectivity index (χ0v) is 10.9. The van der Waals surface area contributed by atoms with Gasteiger partial charge in [-0.2, -0.15) is 0 Å². The second-order valence-corrected chi connectivity index (χ2v) is 3.97. The van der Waals surface area contributed by atoms with Crippen molar-refractivity contribution in [2.24, 2.45) is 0 Å². The molecule has 2 aromatic rings. The van der Waals surface area contributed by atoms with Gasteiger partial charge in [-0.25, -0.2) is 9.18 Å². The summed E-state index contributed by atoms with van der Waals surface area (Å²) in [6.07, 6.45) is 1.44. The molecule has 0 bridgehead atoms. The molecule has 0 atom stereocenters. The molecule has 0 saturated carbocycles. The number of ether oxygens (including phenoxy) is 1. The molecule has 0 spiro atoms. The van der Waals surface area contributed by atoms with Gasteiger partial charge in [0.2, 0.25) is 0 Å². The molecule has 19 heavy (non-hydrogen) atoms. The van der Waals surface area contributed by atoms with Crippen LogP contribution >= 0.6 is 0 Å². The van der Waals surface area contributed by atoms with Crippen LogP contribution in [0.25, 0.3) is 11.3 Å². The molecule has 0 fully saturated rings. The Morgan fingerprint density at radius 2 is 2.21 bits per heavy atom. The lowest BCUT2D eigenvalue weighted by Crippen LogP contribution is -2.06. The molecule has 0 aliphatic carbocycles. The number of pyridine rings is 1. The van der Waals surface area contributed by atoms with Gasteiger partial charge in [0.25, 0.3) is 0 Å². The minimum absolute atomic E-state index is 0.201. The summed E-state index contributed by atoms with van der Waals surface area (Å²) in [5.74, 6) is -0.681. The number of aryl methyl sites for hydroxylation is 2. The number of carbonyl (C=O) groups excluding carboxylic acids is 1. The summed E-state index contributed by atoms with van der Waals surface area (Å²) in [5, 5.41) is 3.78. The Morgan fingerprint density at radius 1 is 1.47 bits per heavy atom. The molecule has 100 valence electrons. The van der Waals surface area contributed by atoms with Crippen molar-refractivity contribution < 1.29 is 18.4 Å². The normalized spacial score (nSPS) is 10.5. The van der Waals surface area contributed by atoms with Gasteiger partial charge in [-0.05, 0) is 26.8 Å². The van der Waals surface area contributed by atoms with E-state index in [0.717, 1.165) is 0 Å². The van der Waals surface area contributed by atoms with Crippen molar-refractivity contribution in [3.63, 3.8) is 0 Å². The Labute approximate surface area is 109 Å². The quantitative estimate of drug-likeness (QED) is 0.797. The molecule has 2 aromatic heterocycles. The number of halogens is 1. The maximum Gasteiger partial charge on any atom is 0.344 e. The standard InChI is InChI=1S/C13H13FN2O3/c1-4-18-13(17)11-8(3)19-16-12(11)9-5-10(14)7(2)15-6-9/h5-6H,4H2,1-3H3. The smallest absolute Gasteiger partial charge is 0.344 e. The summed E-state index contributed by atoms with van der Waals surface area (Å²) >= 11 is 0. The van der Waals surface area contributed by atoms with Crippen LogP contribution in [-0.2, 0) is 4.74 Å². The number of hydrogen-bond donors (Lipinski definition) is 0. The van der Waals surface area contributed by atoms with Gasteiger partial charge in [-0.3, -0.25) is 4.98 Å². The summed E-state index contributed by atoms with van der Waals surface area (Å²) in [4.78, 5) is 15.7. The van der Waals surface area contributed by atoms with E-state index < -0.39 is 11.8 Å². The van der Waals surface area contributed by atoms with Crippen LogP contribution in [0.15, 0.2) is 16.8 Å². The van der Waals surface area contributed by atoms with E-state index in [4.69, 9.17) is 9.26 Å². The Morgan fingerprint density at radius 3 is 2.84 bits per heavy atom. The maximum absolute atomic E-state index is 13.5. The Kier molecular flexibility index (Phi) is 3.59. The molecule has 2 rings (SSSR count). The highest BCUT2D eigenvalue weighted by Crippen LogP contribution is 2.26. The van der Waals surface area contributed by atoms with Crippen molar-refractivity contribution in [2.75, 3.05) is 6.61 Å². The van der Waals surface area contributed by atoms with Crippen LogP contribution in [0, 0.1) is 19.7 Å². The molecule has 0 aliphatic heterocycles. The first kappa shape index (κ1) is 13.2. The molecule has 0 radical (unpaired) electrons. The van der Waals surface area contributed by atoms with Gasteiger partial charge in [-0.1, -0.05) is 5.16 Å². The first-order valence-corrected chi connectivity index (χ1v) is 5.80. The molecule has 5 nitrogen and oxygen atoms in total. The first-order chi connectivity index (χ1) is 9.04. The van der Waals surface area contributed by atoms with Crippen LogP contribution in [0.3, 0.4) is 0 Å². The van der Waals surface area contributed by atoms with Crippen molar-refractivity contribution in [1.82, 2.24) is 10.1 Å². The van der Waals surface area contributed by atoms with Crippen LogP contribution < -0.4 is 0 Å². The lowest BCUT2D eigenvalue weighted by Gasteiger charge is -2.03. The van der Waals surface area contributed by atoms with Crippen molar-refractivity contribution in [3.05, 3.63) is 35.1 Å². The van der Waals surface area contributed by atoms with Gasteiger partial charge in [0.15, 0.2) is 0 Å². The van der Waals surface area contributed by atoms with Crippen LogP contribution in [0.5, 0.6) is 0 Å². The average molecular weight is 264 g/mol. The predicted octanol–water partition coefficient (Wildman–Crippen LogP) is 2.67. The number of hydrogen-bond acceptors (Lipinski definition) is 5. The van der Waals surface area contributed by atoms with E-state index >= 15 is 0 Å². The minimum atomic E-state index is -0.544. The van der Waals surface area contributed by atoms with E-state index in [-0.39, 0.29) is 23.6 Å². The minimum Gasteiger partial charge on any atom is -0.462 e. The summed E-state index contributed by atoms with van der Waals surface area (Å²) in [7, 11) is 0. The van der Waals surface area contributed by atoms with Crippen molar-refractivity contribution >= 4 is 5.97 Å². The molecule has 6 heteroatoms. The van der Waals surface area contributed by atoms with Crippen molar-refractivity contribution in [1.29, 1.82) is 0 Å². The molecular weight excluding hydrogens is 251 g/mol. The summed E-state index contributed by atoms with van der Waals surface area (Å²) in [6, 6.07) is 1.27. The van der Waals surface area contributed by atoms with E-state index in [1.807, 2.05) is 0 Å². The van der Waals surface area contributed by atoms with E-state index in [0.29, 0.717) is 11.3 Å². The summed E-state index contributed by atoms with van der Waals surface area (Å²) in [6.45, 7) is 5.09. The largest absolute Gasteiger partial charge is 0.462 e. The molecule has 0 N–H and O–H groups in total. The zero-order valence-electron chi connectivity index (χ0n) is 10.9. The summed E-state index contributed by atoms with van der Waals surface area (Å²) in [5.41, 5.74) is 1.10. The first-order valence-electron chi connectivity index (χ1n) is 5.80. The van der Waals surface area contributed by atoms with Gasteiger partial charge >= 0.3 is 5.97 Å². The fourth-order valence-corrected chi connectivity index (χ4v) is 1.65. The second-order valence-electron chi connectivity index (χ2n) is 3.97. The summed E-state index contributed by atoms with van der Waals surface area (Å²) < 4.78 is 23.4. The lowest BCUT2D eigenvalue weighted by molar-refractivity contribution is 0.0525. The van der Waals surface area contributed by atoms with Gasteiger partial charge in [0.05, 0.1) is 12.3 Å². The predicted molar refractivity (Wildman–Crippen MR) is 65.1 cm³/mol. The van der Waals surface area contributed by atoms with Crippen molar-refractivity contribution in [2.45, 2.75) is 20.8 Å². The van der Waals surface area contributed by atoms with Crippen LogP contribution in [0.2, 0.25) is 0 Å². The van der Waals surface area contributed by atoms with Crippen molar-refractivity contribution in [3.8, 4) is 11.3 Å². The van der Waals surface area contributed by atoms with Gasteiger partial charge in [0.1, 0.15) is 22.8 Å². The zero-order chi connectivity index (χ0) is 14.0. The highest BCUT2D eigenvalue weighted by Gasteiger charge is 2.23.